The van der Waals surface area contributed by atoms with Gasteiger partial charge in [0.1, 0.15) is 0 Å². The van der Waals surface area contributed by atoms with Crippen molar-refractivity contribution in [3.63, 3.8) is 0 Å². The Morgan fingerprint density at radius 2 is 1.75 bits per heavy atom. The highest BCUT2D eigenvalue weighted by atomic mass is 127. The van der Waals surface area contributed by atoms with Crippen LogP contribution in [0.15, 0.2) is 48.5 Å². The molecule has 0 aliphatic rings. The van der Waals surface area contributed by atoms with E-state index in [1.807, 2.05) is 24.3 Å². The fourth-order valence-electron chi connectivity index (χ4n) is 1.42. The lowest BCUT2D eigenvalue weighted by Crippen LogP contribution is -2.01. The summed E-state index contributed by atoms with van der Waals surface area (Å²) in [5.41, 5.74) is 1.21. The minimum Gasteiger partial charge on any atom is -0.289 e. The molecule has 1 nitrogen and oxygen atoms in total. The van der Waals surface area contributed by atoms with Crippen molar-refractivity contribution in [3.05, 3.63) is 68.3 Å². The first-order chi connectivity index (χ1) is 7.68. The van der Waals surface area contributed by atoms with E-state index in [0.717, 1.165) is 3.57 Å². The van der Waals surface area contributed by atoms with E-state index in [9.17, 15) is 4.79 Å². The van der Waals surface area contributed by atoms with Crippen LogP contribution in [0.2, 0.25) is 5.02 Å². The average molecular weight is 343 g/mol. The fourth-order valence-corrected chi connectivity index (χ4v) is 2.36. The van der Waals surface area contributed by atoms with Gasteiger partial charge in [-0.2, -0.15) is 0 Å². The summed E-state index contributed by atoms with van der Waals surface area (Å²) in [6, 6.07) is 14.6. The van der Waals surface area contributed by atoms with Gasteiger partial charge in [-0.1, -0.05) is 41.9 Å². The molecule has 0 radical (unpaired) electrons. The number of halogens is 2. The van der Waals surface area contributed by atoms with Crippen LogP contribution in [-0.4, -0.2) is 5.78 Å². The van der Waals surface area contributed by atoms with Gasteiger partial charge in [0.25, 0.3) is 0 Å². The van der Waals surface area contributed by atoms with E-state index in [-0.39, 0.29) is 5.78 Å². The van der Waals surface area contributed by atoms with Gasteiger partial charge in [0, 0.05) is 14.7 Å². The Labute approximate surface area is 113 Å². The largest absolute Gasteiger partial charge is 0.289 e. The molecule has 0 N–H and O–H groups in total. The predicted octanol–water partition coefficient (Wildman–Crippen LogP) is 4.18. The summed E-state index contributed by atoms with van der Waals surface area (Å²) in [5.74, 6) is -0.0398. The van der Waals surface area contributed by atoms with Crippen LogP contribution in [0.5, 0.6) is 0 Å². The molecule has 0 aliphatic heterocycles. The third kappa shape index (κ3) is 2.44. The number of ketones is 1. The molecule has 0 aromatic heterocycles. The van der Waals surface area contributed by atoms with Crippen LogP contribution in [0.25, 0.3) is 0 Å². The van der Waals surface area contributed by atoms with Gasteiger partial charge in [0.15, 0.2) is 5.78 Å². The van der Waals surface area contributed by atoms with Crippen molar-refractivity contribution in [1.82, 2.24) is 0 Å². The topological polar surface area (TPSA) is 17.1 Å². The highest BCUT2D eigenvalue weighted by molar-refractivity contribution is 14.1. The van der Waals surface area contributed by atoms with Crippen LogP contribution in [0.3, 0.4) is 0 Å². The van der Waals surface area contributed by atoms with Gasteiger partial charge in [0.2, 0.25) is 0 Å². The molecule has 2 rings (SSSR count). The van der Waals surface area contributed by atoms with Crippen molar-refractivity contribution in [1.29, 1.82) is 0 Å². The lowest BCUT2D eigenvalue weighted by atomic mass is 10.0. The van der Waals surface area contributed by atoms with Gasteiger partial charge in [-0.15, -0.1) is 0 Å². The molecule has 16 heavy (non-hydrogen) atoms. The molecule has 0 amide bonds. The summed E-state index contributed by atoms with van der Waals surface area (Å²) >= 11 is 8.21. The van der Waals surface area contributed by atoms with Crippen molar-refractivity contribution in [2.24, 2.45) is 0 Å². The van der Waals surface area contributed by atoms with E-state index in [1.54, 1.807) is 24.3 Å². The molecule has 0 atom stereocenters. The van der Waals surface area contributed by atoms with E-state index in [2.05, 4.69) is 22.6 Å². The first-order valence-corrected chi connectivity index (χ1v) is 6.19. The molecule has 0 saturated heterocycles. The van der Waals surface area contributed by atoms with Gasteiger partial charge in [-0.3, -0.25) is 4.79 Å². The predicted molar refractivity (Wildman–Crippen MR) is 74.0 cm³/mol. The third-order valence-corrected chi connectivity index (χ3v) is 3.20. The number of rotatable bonds is 2. The van der Waals surface area contributed by atoms with Gasteiger partial charge in [0.05, 0.1) is 5.02 Å². The minimum absolute atomic E-state index is 0.0398. The molecule has 0 heterocycles. The monoisotopic (exact) mass is 342 g/mol. The van der Waals surface area contributed by atoms with Gasteiger partial charge < -0.3 is 0 Å². The van der Waals surface area contributed by atoms with E-state index in [4.69, 9.17) is 11.6 Å². The molecule has 2 aromatic carbocycles. The number of carbonyl (C=O) groups is 1. The summed E-state index contributed by atoms with van der Waals surface area (Å²) in [6.45, 7) is 0. The minimum atomic E-state index is -0.0398. The standard InChI is InChI=1S/C13H8ClIO/c14-12-8-10(15)6-7-11(12)13(16)9-4-2-1-3-5-9/h1-8H. The molecule has 80 valence electrons. The molecular formula is C13H8ClIO. The highest BCUT2D eigenvalue weighted by Gasteiger charge is 2.12. The molecule has 0 unspecified atom stereocenters. The first kappa shape index (κ1) is 11.6. The van der Waals surface area contributed by atoms with Crippen LogP contribution < -0.4 is 0 Å². The van der Waals surface area contributed by atoms with E-state index >= 15 is 0 Å². The van der Waals surface area contributed by atoms with E-state index in [1.165, 1.54) is 0 Å². The molecule has 3 heteroatoms. The lowest BCUT2D eigenvalue weighted by molar-refractivity contribution is 0.103. The van der Waals surface area contributed by atoms with Crippen LogP contribution in [0.4, 0.5) is 0 Å². The Balaban J connectivity index is 2.42. The average Bonchev–Trinajstić information content (AvgIpc) is 2.29. The van der Waals surface area contributed by atoms with E-state index in [0.29, 0.717) is 16.1 Å². The maximum Gasteiger partial charge on any atom is 0.194 e. The number of hydrogen-bond donors (Lipinski definition) is 0. The zero-order chi connectivity index (χ0) is 11.5. The fraction of sp³-hybridized carbons (Fsp3) is 0. The maximum absolute atomic E-state index is 12.1. The number of carbonyl (C=O) groups excluding carboxylic acids is 1. The highest BCUT2D eigenvalue weighted by Crippen LogP contribution is 2.21. The van der Waals surface area contributed by atoms with Crippen molar-refractivity contribution in [2.45, 2.75) is 0 Å². The zero-order valence-corrected chi connectivity index (χ0v) is 11.2. The molecule has 2 aromatic rings. The summed E-state index contributed by atoms with van der Waals surface area (Å²) < 4.78 is 1.02. The second-order valence-electron chi connectivity index (χ2n) is 3.32. The second-order valence-corrected chi connectivity index (χ2v) is 4.97. The summed E-state index contributed by atoms with van der Waals surface area (Å²) in [5, 5.41) is 0.501. The van der Waals surface area contributed by atoms with Crippen molar-refractivity contribution in [2.75, 3.05) is 0 Å². The van der Waals surface area contributed by atoms with Crippen LogP contribution in [-0.2, 0) is 0 Å². The van der Waals surface area contributed by atoms with Crippen molar-refractivity contribution in [3.8, 4) is 0 Å². The molecular weight excluding hydrogens is 334 g/mol. The number of hydrogen-bond acceptors (Lipinski definition) is 1. The van der Waals surface area contributed by atoms with Crippen molar-refractivity contribution >= 4 is 40.0 Å². The Hall–Kier alpha value is -0.870. The SMILES string of the molecule is O=C(c1ccccc1)c1ccc(I)cc1Cl. The molecule has 0 fully saturated rings. The van der Waals surface area contributed by atoms with Crippen LogP contribution >= 0.6 is 34.2 Å². The third-order valence-electron chi connectivity index (χ3n) is 2.21. The summed E-state index contributed by atoms with van der Waals surface area (Å²) in [6.07, 6.45) is 0. The molecule has 0 spiro atoms. The summed E-state index contributed by atoms with van der Waals surface area (Å²) in [7, 11) is 0. The quantitative estimate of drug-likeness (QED) is 0.591. The Bertz CT molecular complexity index is 523. The first-order valence-electron chi connectivity index (χ1n) is 4.73. The number of benzene rings is 2. The maximum atomic E-state index is 12.1. The zero-order valence-electron chi connectivity index (χ0n) is 8.28. The lowest BCUT2D eigenvalue weighted by Gasteiger charge is -2.03. The van der Waals surface area contributed by atoms with Gasteiger partial charge in [-0.25, -0.2) is 0 Å². The van der Waals surface area contributed by atoms with Crippen molar-refractivity contribution < 1.29 is 4.79 Å². The Morgan fingerprint density at radius 1 is 1.06 bits per heavy atom. The van der Waals surface area contributed by atoms with Gasteiger partial charge in [-0.05, 0) is 40.8 Å². The van der Waals surface area contributed by atoms with Gasteiger partial charge >= 0.3 is 0 Å². The normalized spacial score (nSPS) is 10.1. The molecule has 0 saturated carbocycles. The van der Waals surface area contributed by atoms with E-state index < -0.39 is 0 Å². The smallest absolute Gasteiger partial charge is 0.194 e. The second kappa shape index (κ2) is 4.97. The van der Waals surface area contributed by atoms with Crippen LogP contribution in [0.1, 0.15) is 15.9 Å². The molecule has 0 bridgehead atoms. The Morgan fingerprint density at radius 3 is 2.38 bits per heavy atom. The Kier molecular flexibility index (Phi) is 3.61. The summed E-state index contributed by atoms with van der Waals surface area (Å²) in [4.78, 5) is 12.1. The van der Waals surface area contributed by atoms with Crippen LogP contribution in [0, 0.1) is 3.57 Å². The molecule has 0 aliphatic carbocycles.